The molecule has 1 aromatic carbocycles. The van der Waals surface area contributed by atoms with E-state index in [-0.39, 0.29) is 5.82 Å². The van der Waals surface area contributed by atoms with Gasteiger partial charge in [-0.1, -0.05) is 6.07 Å². The Balaban J connectivity index is 2.18. The van der Waals surface area contributed by atoms with Crippen LogP contribution in [0, 0.1) is 10.5 Å². The summed E-state index contributed by atoms with van der Waals surface area (Å²) < 4.78 is 2.82. The van der Waals surface area contributed by atoms with Gasteiger partial charge >= 0.3 is 5.97 Å². The van der Waals surface area contributed by atoms with E-state index >= 15 is 0 Å². The van der Waals surface area contributed by atoms with Crippen molar-refractivity contribution < 1.29 is 9.90 Å². The maximum absolute atomic E-state index is 11.1. The minimum atomic E-state index is -1.08. The quantitative estimate of drug-likeness (QED) is 0.845. The maximum Gasteiger partial charge on any atom is 0.375 e. The summed E-state index contributed by atoms with van der Waals surface area (Å²) in [5.41, 5.74) is 2.00. The van der Waals surface area contributed by atoms with Gasteiger partial charge in [0.05, 0.1) is 5.69 Å². The monoisotopic (exact) mass is 369 g/mol. The molecule has 1 aliphatic carbocycles. The first-order valence-electron chi connectivity index (χ1n) is 6.03. The highest BCUT2D eigenvalue weighted by Gasteiger charge is 2.31. The van der Waals surface area contributed by atoms with Crippen molar-refractivity contribution in [3.05, 3.63) is 39.0 Å². The number of aromatic carboxylic acids is 1. The highest BCUT2D eigenvalue weighted by molar-refractivity contribution is 14.1. The van der Waals surface area contributed by atoms with Gasteiger partial charge in [-0.3, -0.25) is 0 Å². The van der Waals surface area contributed by atoms with Crippen LogP contribution in [-0.4, -0.2) is 25.8 Å². The van der Waals surface area contributed by atoms with Gasteiger partial charge in [0.25, 0.3) is 5.82 Å². The van der Waals surface area contributed by atoms with Crippen LogP contribution in [0.25, 0.3) is 5.69 Å². The van der Waals surface area contributed by atoms with Gasteiger partial charge in [-0.05, 0) is 60.1 Å². The molecule has 0 amide bonds. The van der Waals surface area contributed by atoms with Crippen molar-refractivity contribution in [2.45, 2.75) is 25.7 Å². The van der Waals surface area contributed by atoms with Crippen molar-refractivity contribution in [1.29, 1.82) is 0 Å². The molecule has 2 aromatic rings. The standard InChI is InChI=1S/C13H12IN3O2/c1-7-9(14)3-2-4-10(7)17-12(8-5-6-8)15-11(16-17)13(18)19/h2-4,8H,5-6H2,1H3,(H,18,19). The number of hydrogen-bond acceptors (Lipinski definition) is 3. The zero-order valence-electron chi connectivity index (χ0n) is 10.3. The van der Waals surface area contributed by atoms with Crippen LogP contribution in [0.1, 0.15) is 40.8 Å². The van der Waals surface area contributed by atoms with Gasteiger partial charge in [0, 0.05) is 9.49 Å². The zero-order chi connectivity index (χ0) is 13.6. The average molecular weight is 369 g/mol. The zero-order valence-corrected chi connectivity index (χ0v) is 12.5. The molecule has 0 aliphatic heterocycles. The van der Waals surface area contributed by atoms with Gasteiger partial charge < -0.3 is 5.11 Å². The molecule has 0 radical (unpaired) electrons. The SMILES string of the molecule is Cc1c(I)cccc1-n1nc(C(=O)O)nc1C1CC1. The second-order valence-corrected chi connectivity index (χ2v) is 5.83. The summed E-state index contributed by atoms with van der Waals surface area (Å²) in [7, 11) is 0. The Bertz CT molecular complexity index is 662. The van der Waals surface area contributed by atoms with Crippen LogP contribution in [0.3, 0.4) is 0 Å². The highest BCUT2D eigenvalue weighted by atomic mass is 127. The third-order valence-corrected chi connectivity index (χ3v) is 4.40. The van der Waals surface area contributed by atoms with E-state index in [9.17, 15) is 4.79 Å². The summed E-state index contributed by atoms with van der Waals surface area (Å²) in [6, 6.07) is 5.91. The first-order valence-corrected chi connectivity index (χ1v) is 7.11. The van der Waals surface area contributed by atoms with Crippen molar-refractivity contribution in [2.75, 3.05) is 0 Å². The van der Waals surface area contributed by atoms with Crippen LogP contribution in [0.2, 0.25) is 0 Å². The number of aromatic nitrogens is 3. The van der Waals surface area contributed by atoms with E-state index in [1.165, 1.54) is 0 Å². The highest BCUT2D eigenvalue weighted by Crippen LogP contribution is 2.40. The van der Waals surface area contributed by atoms with E-state index in [1.54, 1.807) is 4.68 Å². The summed E-state index contributed by atoms with van der Waals surface area (Å²) in [6.07, 6.45) is 2.11. The van der Waals surface area contributed by atoms with Crippen molar-refractivity contribution >= 4 is 28.6 Å². The number of halogens is 1. The molecule has 0 atom stereocenters. The Kier molecular flexibility index (Phi) is 3.04. The fourth-order valence-electron chi connectivity index (χ4n) is 2.02. The Hall–Kier alpha value is -1.44. The third-order valence-electron chi connectivity index (χ3n) is 3.23. The van der Waals surface area contributed by atoms with Crippen LogP contribution in [0.15, 0.2) is 18.2 Å². The molecule has 0 bridgehead atoms. The van der Waals surface area contributed by atoms with Crippen molar-refractivity contribution in [3.8, 4) is 5.69 Å². The molecule has 19 heavy (non-hydrogen) atoms. The second kappa shape index (κ2) is 4.59. The number of benzene rings is 1. The number of rotatable bonds is 3. The molecule has 1 aromatic heterocycles. The van der Waals surface area contributed by atoms with Crippen LogP contribution >= 0.6 is 22.6 Å². The molecular weight excluding hydrogens is 357 g/mol. The lowest BCUT2D eigenvalue weighted by molar-refractivity contribution is 0.0683. The summed E-state index contributed by atoms with van der Waals surface area (Å²) >= 11 is 2.26. The van der Waals surface area contributed by atoms with E-state index in [2.05, 4.69) is 32.7 Å². The normalized spacial score (nSPS) is 14.6. The van der Waals surface area contributed by atoms with E-state index in [4.69, 9.17) is 5.11 Å². The van der Waals surface area contributed by atoms with Crippen LogP contribution in [0.4, 0.5) is 0 Å². The largest absolute Gasteiger partial charge is 0.475 e. The van der Waals surface area contributed by atoms with Crippen molar-refractivity contribution in [3.63, 3.8) is 0 Å². The Morgan fingerprint density at radius 3 is 2.84 bits per heavy atom. The van der Waals surface area contributed by atoms with Gasteiger partial charge in [0.2, 0.25) is 0 Å². The first-order chi connectivity index (χ1) is 9.08. The number of carboxylic acids is 1. The average Bonchev–Trinajstić information content (AvgIpc) is 3.12. The van der Waals surface area contributed by atoms with Crippen molar-refractivity contribution in [2.24, 2.45) is 0 Å². The van der Waals surface area contributed by atoms with Crippen LogP contribution < -0.4 is 0 Å². The molecule has 3 rings (SSSR count). The Labute approximate surface area is 123 Å². The van der Waals surface area contributed by atoms with E-state index < -0.39 is 5.97 Å². The predicted octanol–water partition coefficient (Wildman–Crippen LogP) is 2.76. The fraction of sp³-hybridized carbons (Fsp3) is 0.308. The Morgan fingerprint density at radius 1 is 1.47 bits per heavy atom. The lowest BCUT2D eigenvalue weighted by Gasteiger charge is -2.09. The molecule has 1 fully saturated rings. The number of carbonyl (C=O) groups is 1. The first kappa shape index (κ1) is 12.6. The number of nitrogens with zero attached hydrogens (tertiary/aromatic N) is 3. The topological polar surface area (TPSA) is 68.0 Å². The molecule has 0 unspecified atom stereocenters. The molecule has 1 N–H and O–H groups in total. The summed E-state index contributed by atoms with van der Waals surface area (Å²) in [4.78, 5) is 15.2. The summed E-state index contributed by atoms with van der Waals surface area (Å²) in [5.74, 6) is -0.0931. The van der Waals surface area contributed by atoms with Crippen molar-refractivity contribution in [1.82, 2.24) is 14.8 Å². The molecule has 0 spiro atoms. The van der Waals surface area contributed by atoms with E-state index in [1.807, 2.05) is 25.1 Å². The Morgan fingerprint density at radius 2 is 2.21 bits per heavy atom. The fourth-order valence-corrected chi connectivity index (χ4v) is 2.51. The molecule has 5 nitrogen and oxygen atoms in total. The smallest absolute Gasteiger partial charge is 0.375 e. The van der Waals surface area contributed by atoms with Gasteiger partial charge in [0.15, 0.2) is 0 Å². The molecule has 1 saturated carbocycles. The van der Waals surface area contributed by atoms with Gasteiger partial charge in [0.1, 0.15) is 5.82 Å². The number of hydrogen-bond donors (Lipinski definition) is 1. The summed E-state index contributed by atoms with van der Waals surface area (Å²) in [5, 5.41) is 13.2. The van der Waals surface area contributed by atoms with Crippen LogP contribution in [-0.2, 0) is 0 Å². The van der Waals surface area contributed by atoms with E-state index in [0.717, 1.165) is 33.5 Å². The molecule has 98 valence electrons. The lowest BCUT2D eigenvalue weighted by atomic mass is 10.2. The molecule has 6 heteroatoms. The molecule has 1 heterocycles. The maximum atomic E-state index is 11.1. The van der Waals surface area contributed by atoms with Gasteiger partial charge in [-0.2, -0.15) is 0 Å². The molecule has 1 aliphatic rings. The van der Waals surface area contributed by atoms with Gasteiger partial charge in [-0.15, -0.1) is 5.10 Å². The molecular formula is C13H12IN3O2. The second-order valence-electron chi connectivity index (χ2n) is 4.67. The minimum Gasteiger partial charge on any atom is -0.475 e. The number of carboxylic acid groups (broad SMARTS) is 1. The lowest BCUT2D eigenvalue weighted by Crippen LogP contribution is -2.05. The third kappa shape index (κ3) is 2.24. The summed E-state index contributed by atoms with van der Waals surface area (Å²) in [6.45, 7) is 2.01. The van der Waals surface area contributed by atoms with Crippen LogP contribution in [0.5, 0.6) is 0 Å². The minimum absolute atomic E-state index is 0.125. The predicted molar refractivity (Wildman–Crippen MR) is 77.7 cm³/mol. The molecule has 0 saturated heterocycles. The van der Waals surface area contributed by atoms with Gasteiger partial charge in [-0.25, -0.2) is 14.5 Å². The van der Waals surface area contributed by atoms with E-state index in [0.29, 0.717) is 5.92 Å².